The summed E-state index contributed by atoms with van der Waals surface area (Å²) in [6.45, 7) is 0.919. The Labute approximate surface area is 103 Å². The van der Waals surface area contributed by atoms with Crippen molar-refractivity contribution >= 4 is 0 Å². The first-order chi connectivity index (χ1) is 8.26. The van der Waals surface area contributed by atoms with E-state index in [0.717, 1.165) is 18.4 Å². The summed E-state index contributed by atoms with van der Waals surface area (Å²) in [6.07, 6.45) is 7.08. The van der Waals surface area contributed by atoms with Gasteiger partial charge in [-0.25, -0.2) is 0 Å². The highest BCUT2D eigenvalue weighted by atomic mass is 14.7. The Kier molecular flexibility index (Phi) is 1.87. The normalized spacial score (nSPS) is 46.6. The zero-order valence-corrected chi connectivity index (χ0v) is 10.4. The van der Waals surface area contributed by atoms with Crippen LogP contribution in [0.1, 0.15) is 37.7 Å². The molecule has 4 aliphatic carbocycles. The number of hydrogen-bond acceptors (Lipinski definition) is 1. The Bertz CT molecular complexity index is 440. The van der Waals surface area contributed by atoms with Gasteiger partial charge in [0.25, 0.3) is 0 Å². The first-order valence-electron chi connectivity index (χ1n) is 7.02. The lowest BCUT2D eigenvalue weighted by Gasteiger charge is -2.41. The molecule has 1 heteroatoms. The van der Waals surface area contributed by atoms with Crippen LogP contribution in [0.2, 0.25) is 0 Å². The van der Waals surface area contributed by atoms with E-state index in [1.54, 1.807) is 5.56 Å². The van der Waals surface area contributed by atoms with Gasteiger partial charge in [-0.3, -0.25) is 0 Å². The summed E-state index contributed by atoms with van der Waals surface area (Å²) >= 11 is 0. The summed E-state index contributed by atoms with van der Waals surface area (Å²) < 4.78 is 0. The minimum absolute atomic E-state index is 0.493. The molecule has 0 spiro atoms. The largest absolute Gasteiger partial charge is 0.330 e. The van der Waals surface area contributed by atoms with Crippen molar-refractivity contribution in [2.24, 2.45) is 23.0 Å². The second kappa shape index (κ2) is 3.14. The standard InChI is InChI=1S/C16H21N/c17-11-16-8-12-6-14(16)9-15(7-12,10-16)13-4-2-1-3-5-13/h1-5,12,14H,6-11,17H2. The van der Waals surface area contributed by atoms with Gasteiger partial charge in [-0.2, -0.15) is 0 Å². The van der Waals surface area contributed by atoms with Crippen LogP contribution in [0.4, 0.5) is 0 Å². The lowest BCUT2D eigenvalue weighted by atomic mass is 9.64. The first kappa shape index (κ1) is 10.1. The van der Waals surface area contributed by atoms with Gasteiger partial charge < -0.3 is 5.73 Å². The van der Waals surface area contributed by atoms with Crippen molar-refractivity contribution in [3.63, 3.8) is 0 Å². The number of benzene rings is 1. The van der Waals surface area contributed by atoms with E-state index in [-0.39, 0.29) is 0 Å². The van der Waals surface area contributed by atoms with Gasteiger partial charge >= 0.3 is 0 Å². The molecule has 4 fully saturated rings. The maximum absolute atomic E-state index is 6.13. The fourth-order valence-electron chi connectivity index (χ4n) is 5.53. The van der Waals surface area contributed by atoms with Gasteiger partial charge in [0.15, 0.2) is 0 Å². The van der Waals surface area contributed by atoms with E-state index in [9.17, 15) is 0 Å². The number of hydrogen-bond donors (Lipinski definition) is 1. The van der Waals surface area contributed by atoms with E-state index in [2.05, 4.69) is 30.3 Å². The Balaban J connectivity index is 1.79. The maximum Gasteiger partial charge on any atom is -0.00174 e. The first-order valence-corrected chi connectivity index (χ1v) is 7.02. The maximum atomic E-state index is 6.13. The van der Waals surface area contributed by atoms with E-state index in [1.807, 2.05) is 0 Å². The van der Waals surface area contributed by atoms with Crippen LogP contribution >= 0.6 is 0 Å². The van der Waals surface area contributed by atoms with Crippen LogP contribution in [0.3, 0.4) is 0 Å². The fraction of sp³-hybridized carbons (Fsp3) is 0.625. The van der Waals surface area contributed by atoms with E-state index in [0.29, 0.717) is 10.8 Å². The molecule has 0 amide bonds. The molecule has 90 valence electrons. The molecule has 1 aromatic carbocycles. The van der Waals surface area contributed by atoms with Crippen molar-refractivity contribution in [1.82, 2.24) is 0 Å². The van der Waals surface area contributed by atoms with E-state index in [1.165, 1.54) is 32.1 Å². The molecule has 1 nitrogen and oxygen atoms in total. The zero-order chi connectivity index (χ0) is 11.5. The molecule has 0 aromatic heterocycles. The topological polar surface area (TPSA) is 26.0 Å². The average Bonchev–Trinajstić information content (AvgIpc) is 2.75. The van der Waals surface area contributed by atoms with Crippen LogP contribution in [-0.2, 0) is 5.41 Å². The van der Waals surface area contributed by atoms with Gasteiger partial charge in [0, 0.05) is 0 Å². The molecule has 5 rings (SSSR count). The summed E-state index contributed by atoms with van der Waals surface area (Å²) in [5.74, 6) is 1.89. The van der Waals surface area contributed by atoms with Crippen molar-refractivity contribution in [2.45, 2.75) is 37.5 Å². The zero-order valence-electron chi connectivity index (χ0n) is 10.4. The second-order valence-electron chi connectivity index (χ2n) is 6.80. The summed E-state index contributed by atoms with van der Waals surface area (Å²) in [5, 5.41) is 0. The van der Waals surface area contributed by atoms with Crippen molar-refractivity contribution in [3.05, 3.63) is 35.9 Å². The highest BCUT2D eigenvalue weighted by molar-refractivity contribution is 5.32. The summed E-state index contributed by atoms with van der Waals surface area (Å²) in [5.41, 5.74) is 8.72. The van der Waals surface area contributed by atoms with E-state index >= 15 is 0 Å². The van der Waals surface area contributed by atoms with Crippen molar-refractivity contribution in [2.75, 3.05) is 6.54 Å². The smallest absolute Gasteiger partial charge is 0.00174 e. The highest BCUT2D eigenvalue weighted by Crippen LogP contribution is 2.70. The Morgan fingerprint density at radius 1 is 1.12 bits per heavy atom. The monoisotopic (exact) mass is 227 g/mol. The number of nitrogens with two attached hydrogens (primary N) is 1. The molecule has 4 unspecified atom stereocenters. The molecule has 4 bridgehead atoms. The van der Waals surface area contributed by atoms with Crippen molar-refractivity contribution in [1.29, 1.82) is 0 Å². The molecule has 0 radical (unpaired) electrons. The van der Waals surface area contributed by atoms with Crippen LogP contribution in [0.15, 0.2) is 30.3 Å². The van der Waals surface area contributed by atoms with Crippen LogP contribution in [0, 0.1) is 17.3 Å². The number of rotatable bonds is 2. The Morgan fingerprint density at radius 3 is 2.65 bits per heavy atom. The summed E-state index contributed by atoms with van der Waals surface area (Å²) in [6, 6.07) is 11.2. The fourth-order valence-corrected chi connectivity index (χ4v) is 5.53. The third-order valence-electron chi connectivity index (χ3n) is 5.98. The molecular weight excluding hydrogens is 206 g/mol. The van der Waals surface area contributed by atoms with Crippen LogP contribution in [0.5, 0.6) is 0 Å². The summed E-state index contributed by atoms with van der Waals surface area (Å²) in [4.78, 5) is 0. The van der Waals surface area contributed by atoms with Crippen LogP contribution < -0.4 is 5.73 Å². The average molecular weight is 227 g/mol. The molecule has 4 aliphatic rings. The van der Waals surface area contributed by atoms with Crippen LogP contribution in [-0.4, -0.2) is 6.54 Å². The minimum Gasteiger partial charge on any atom is -0.330 e. The van der Waals surface area contributed by atoms with Gasteiger partial charge in [0.05, 0.1) is 0 Å². The van der Waals surface area contributed by atoms with E-state index < -0.39 is 0 Å². The van der Waals surface area contributed by atoms with E-state index in [4.69, 9.17) is 5.73 Å². The molecule has 2 N–H and O–H groups in total. The third-order valence-corrected chi connectivity index (χ3v) is 5.98. The van der Waals surface area contributed by atoms with Crippen molar-refractivity contribution < 1.29 is 0 Å². The molecular formula is C16H21N. The van der Waals surface area contributed by atoms with Gasteiger partial charge in [-0.05, 0) is 66.9 Å². The van der Waals surface area contributed by atoms with Gasteiger partial charge in [0.1, 0.15) is 0 Å². The lowest BCUT2D eigenvalue weighted by Crippen LogP contribution is -2.37. The van der Waals surface area contributed by atoms with Gasteiger partial charge in [-0.1, -0.05) is 30.3 Å². The molecule has 0 saturated heterocycles. The predicted octanol–water partition coefficient (Wildman–Crippen LogP) is 3.09. The van der Waals surface area contributed by atoms with Crippen LogP contribution in [0.25, 0.3) is 0 Å². The minimum atomic E-state index is 0.493. The third kappa shape index (κ3) is 1.18. The SMILES string of the molecule is NCC12CC3CC1CC(c1ccccc1)(C3)C2. The quantitative estimate of drug-likeness (QED) is 0.825. The molecule has 0 heterocycles. The van der Waals surface area contributed by atoms with Gasteiger partial charge in [0.2, 0.25) is 0 Å². The predicted molar refractivity (Wildman–Crippen MR) is 69.7 cm³/mol. The molecule has 4 atom stereocenters. The van der Waals surface area contributed by atoms with Crippen molar-refractivity contribution in [3.8, 4) is 0 Å². The Morgan fingerprint density at radius 2 is 1.94 bits per heavy atom. The highest BCUT2D eigenvalue weighted by Gasteiger charge is 2.63. The van der Waals surface area contributed by atoms with Gasteiger partial charge in [-0.15, -0.1) is 0 Å². The second-order valence-corrected chi connectivity index (χ2v) is 6.80. The molecule has 17 heavy (non-hydrogen) atoms. The lowest BCUT2D eigenvalue weighted by molar-refractivity contribution is 0.183. The molecule has 4 saturated carbocycles. The molecule has 0 aliphatic heterocycles. The molecule has 1 aromatic rings. The summed E-state index contributed by atoms with van der Waals surface area (Å²) in [7, 11) is 0. The Hall–Kier alpha value is -0.820.